The van der Waals surface area contributed by atoms with E-state index in [9.17, 15) is 40.7 Å². The highest BCUT2D eigenvalue weighted by atomic mass is 19.4. The number of H-pyrrole nitrogens is 2. The van der Waals surface area contributed by atoms with Crippen LogP contribution in [0.3, 0.4) is 0 Å². The van der Waals surface area contributed by atoms with E-state index in [1.165, 1.54) is 0 Å². The van der Waals surface area contributed by atoms with Crippen LogP contribution >= 0.6 is 0 Å². The monoisotopic (exact) mass is 549 g/mol. The number of alkyl halides is 6. The SMILES string of the molecule is O=C(CCOCCn1cc(C(F)(F)F)c2c(=O)[nH]c(=O)[nH]c21)N1CCN(c2ncc(C(F)(F)F)cn2)CC1. The molecule has 0 atom stereocenters. The number of rotatable bonds is 7. The van der Waals surface area contributed by atoms with E-state index in [4.69, 9.17) is 4.74 Å². The van der Waals surface area contributed by atoms with Gasteiger partial charge in [-0.25, -0.2) is 14.8 Å². The lowest BCUT2D eigenvalue weighted by Crippen LogP contribution is -2.49. The van der Waals surface area contributed by atoms with Gasteiger partial charge < -0.3 is 19.1 Å². The Morgan fingerprint density at radius 3 is 2.21 bits per heavy atom. The van der Waals surface area contributed by atoms with Gasteiger partial charge >= 0.3 is 18.0 Å². The van der Waals surface area contributed by atoms with Crippen molar-refractivity contribution in [2.75, 3.05) is 44.3 Å². The van der Waals surface area contributed by atoms with E-state index in [-0.39, 0.29) is 43.7 Å². The van der Waals surface area contributed by atoms with E-state index in [0.29, 0.717) is 44.8 Å². The topological polar surface area (TPSA) is 129 Å². The van der Waals surface area contributed by atoms with Crippen molar-refractivity contribution in [3.8, 4) is 0 Å². The second-order valence-corrected chi connectivity index (χ2v) is 8.37. The zero-order valence-electron chi connectivity index (χ0n) is 19.5. The molecular formula is C21H21F6N7O4. The van der Waals surface area contributed by atoms with Crippen molar-refractivity contribution in [2.45, 2.75) is 25.3 Å². The van der Waals surface area contributed by atoms with E-state index in [1.807, 2.05) is 0 Å². The summed E-state index contributed by atoms with van der Waals surface area (Å²) in [7, 11) is 0. The zero-order chi connectivity index (χ0) is 27.7. The number of fused-ring (bicyclic) bond motifs is 1. The number of nitrogens with one attached hydrogen (secondary N) is 2. The second kappa shape index (κ2) is 10.5. The Hall–Kier alpha value is -3.89. The standard InChI is InChI=1S/C21H21F6N7O4/c22-20(23,24)12-9-28-18(29-10-12)33-4-2-32(3-5-33)14(35)1-7-38-8-6-34-11-13(21(25,26)27)15-16(34)30-19(37)31-17(15)36/h9-11H,1-8H2,(H2,30,31,36,37). The molecule has 38 heavy (non-hydrogen) atoms. The molecule has 17 heteroatoms. The first kappa shape index (κ1) is 27.2. The zero-order valence-corrected chi connectivity index (χ0v) is 19.5. The molecule has 11 nitrogen and oxygen atoms in total. The fraction of sp³-hybridized carbons (Fsp3) is 0.476. The van der Waals surface area contributed by atoms with E-state index < -0.39 is 40.1 Å². The lowest BCUT2D eigenvalue weighted by molar-refractivity contribution is -0.138. The Morgan fingerprint density at radius 2 is 1.61 bits per heavy atom. The first-order valence-corrected chi connectivity index (χ1v) is 11.3. The van der Waals surface area contributed by atoms with Crippen molar-refractivity contribution in [3.63, 3.8) is 0 Å². The summed E-state index contributed by atoms with van der Waals surface area (Å²) in [5.41, 5.74) is -4.55. The summed E-state index contributed by atoms with van der Waals surface area (Å²) in [4.78, 5) is 50.6. The normalized spacial score (nSPS) is 14.9. The third kappa shape index (κ3) is 5.98. The lowest BCUT2D eigenvalue weighted by atomic mass is 10.2. The van der Waals surface area contributed by atoms with Crippen molar-refractivity contribution >= 4 is 22.9 Å². The van der Waals surface area contributed by atoms with E-state index in [2.05, 4.69) is 15.0 Å². The van der Waals surface area contributed by atoms with E-state index in [1.54, 1.807) is 14.8 Å². The summed E-state index contributed by atoms with van der Waals surface area (Å²) in [5.74, 6) is -0.109. The third-order valence-corrected chi connectivity index (χ3v) is 5.89. The van der Waals surface area contributed by atoms with Crippen LogP contribution in [0.2, 0.25) is 0 Å². The number of ether oxygens (including phenoxy) is 1. The maximum Gasteiger partial charge on any atom is 0.419 e. The molecule has 1 saturated heterocycles. The second-order valence-electron chi connectivity index (χ2n) is 8.37. The van der Waals surface area contributed by atoms with Crippen LogP contribution in [0.4, 0.5) is 32.3 Å². The summed E-state index contributed by atoms with van der Waals surface area (Å²) >= 11 is 0. The van der Waals surface area contributed by atoms with Gasteiger partial charge in [0, 0.05) is 51.3 Å². The molecule has 0 aliphatic carbocycles. The molecular weight excluding hydrogens is 528 g/mol. The quantitative estimate of drug-likeness (QED) is 0.338. The average Bonchev–Trinajstić information content (AvgIpc) is 3.22. The number of carbonyl (C=O) groups is 1. The summed E-state index contributed by atoms with van der Waals surface area (Å²) in [5, 5.41) is -0.687. The van der Waals surface area contributed by atoms with Gasteiger partial charge in [0.25, 0.3) is 5.56 Å². The molecule has 0 aromatic carbocycles. The summed E-state index contributed by atoms with van der Waals surface area (Å²) in [6.07, 6.45) is -7.24. The van der Waals surface area contributed by atoms with Crippen LogP contribution in [0.5, 0.6) is 0 Å². The minimum atomic E-state index is -4.81. The van der Waals surface area contributed by atoms with Gasteiger partial charge in [-0.05, 0) is 0 Å². The van der Waals surface area contributed by atoms with Crippen LogP contribution in [0, 0.1) is 0 Å². The van der Waals surface area contributed by atoms with Crippen molar-refractivity contribution in [3.05, 3.63) is 50.6 Å². The number of nitrogens with zero attached hydrogens (tertiary/aromatic N) is 5. The Kier molecular flexibility index (Phi) is 7.48. The molecule has 1 fully saturated rings. The summed E-state index contributed by atoms with van der Waals surface area (Å²) in [6, 6.07) is 0. The molecule has 4 heterocycles. The van der Waals surface area contributed by atoms with Gasteiger partial charge in [0.15, 0.2) is 0 Å². The largest absolute Gasteiger partial charge is 0.419 e. The average molecular weight is 549 g/mol. The highest BCUT2D eigenvalue weighted by molar-refractivity contribution is 5.80. The van der Waals surface area contributed by atoms with Crippen LogP contribution in [0.1, 0.15) is 17.5 Å². The predicted molar refractivity (Wildman–Crippen MR) is 119 cm³/mol. The van der Waals surface area contributed by atoms with Gasteiger partial charge in [-0.2, -0.15) is 26.3 Å². The fourth-order valence-corrected chi connectivity index (χ4v) is 3.99. The van der Waals surface area contributed by atoms with Gasteiger partial charge in [-0.3, -0.25) is 19.6 Å². The van der Waals surface area contributed by atoms with Crippen LogP contribution in [-0.4, -0.2) is 74.7 Å². The van der Waals surface area contributed by atoms with Crippen molar-refractivity contribution in [2.24, 2.45) is 0 Å². The number of hydrogen-bond acceptors (Lipinski definition) is 7. The predicted octanol–water partition coefficient (Wildman–Crippen LogP) is 1.60. The summed E-state index contributed by atoms with van der Waals surface area (Å²) < 4.78 is 84.4. The molecule has 206 valence electrons. The number of hydrogen-bond donors (Lipinski definition) is 2. The van der Waals surface area contributed by atoms with E-state index in [0.717, 1.165) is 4.57 Å². The number of aromatic amines is 2. The van der Waals surface area contributed by atoms with Gasteiger partial charge in [0.05, 0.1) is 36.1 Å². The smallest absolute Gasteiger partial charge is 0.379 e. The van der Waals surface area contributed by atoms with Crippen LogP contribution in [0.25, 0.3) is 11.0 Å². The third-order valence-electron chi connectivity index (χ3n) is 5.89. The van der Waals surface area contributed by atoms with Crippen LogP contribution < -0.4 is 16.1 Å². The van der Waals surface area contributed by atoms with Gasteiger partial charge in [-0.15, -0.1) is 0 Å². The molecule has 3 aromatic heterocycles. The number of aromatic nitrogens is 5. The number of carbonyl (C=O) groups excluding carboxylic acids is 1. The molecule has 0 saturated carbocycles. The maximum absolute atomic E-state index is 13.3. The minimum absolute atomic E-state index is 0.00644. The number of amides is 1. The van der Waals surface area contributed by atoms with Crippen molar-refractivity contribution < 1.29 is 35.9 Å². The Balaban J connectivity index is 1.25. The van der Waals surface area contributed by atoms with Gasteiger partial charge in [0.1, 0.15) is 5.65 Å². The molecule has 0 unspecified atom stereocenters. The van der Waals surface area contributed by atoms with Crippen molar-refractivity contribution in [1.82, 2.24) is 29.4 Å². The van der Waals surface area contributed by atoms with Crippen LogP contribution in [-0.2, 0) is 28.4 Å². The Labute approximate surface area is 209 Å². The molecule has 1 aliphatic rings. The highest BCUT2D eigenvalue weighted by Crippen LogP contribution is 2.33. The van der Waals surface area contributed by atoms with Crippen LogP contribution in [0.15, 0.2) is 28.2 Å². The molecule has 0 bridgehead atoms. The molecule has 3 aromatic rings. The number of halogens is 6. The van der Waals surface area contributed by atoms with E-state index >= 15 is 0 Å². The first-order valence-electron chi connectivity index (χ1n) is 11.3. The maximum atomic E-state index is 13.3. The van der Waals surface area contributed by atoms with Gasteiger partial charge in [-0.1, -0.05) is 0 Å². The Bertz CT molecular complexity index is 1400. The molecule has 1 aliphatic heterocycles. The fourth-order valence-electron chi connectivity index (χ4n) is 3.99. The highest BCUT2D eigenvalue weighted by Gasteiger charge is 2.36. The molecule has 0 radical (unpaired) electrons. The minimum Gasteiger partial charge on any atom is -0.379 e. The molecule has 0 spiro atoms. The lowest BCUT2D eigenvalue weighted by Gasteiger charge is -2.34. The molecule has 1 amide bonds. The molecule has 4 rings (SSSR count). The first-order chi connectivity index (χ1) is 17.8. The van der Waals surface area contributed by atoms with Crippen molar-refractivity contribution in [1.29, 1.82) is 0 Å². The number of piperazine rings is 1. The number of anilines is 1. The molecule has 2 N–H and O–H groups in total. The summed E-state index contributed by atoms with van der Waals surface area (Å²) in [6.45, 7) is 0.980. The Morgan fingerprint density at radius 1 is 0.947 bits per heavy atom. The van der Waals surface area contributed by atoms with Gasteiger partial charge in [0.2, 0.25) is 11.9 Å².